The van der Waals surface area contributed by atoms with Crippen LogP contribution in [-0.2, 0) is 4.79 Å². The number of amides is 1. The zero-order valence-electron chi connectivity index (χ0n) is 19.3. The van der Waals surface area contributed by atoms with Gasteiger partial charge in [0, 0.05) is 30.6 Å². The largest absolute Gasteiger partial charge is 0.493 e. The number of carbonyl (C=O) groups is 1. The molecule has 0 unspecified atom stereocenters. The number of carbonyl (C=O) groups excluding carboxylic acids is 1. The number of benzene rings is 2. The van der Waals surface area contributed by atoms with E-state index in [1.54, 1.807) is 25.3 Å². The maximum atomic E-state index is 14.5. The van der Waals surface area contributed by atoms with Crippen LogP contribution in [0.3, 0.4) is 0 Å². The van der Waals surface area contributed by atoms with Crippen molar-refractivity contribution in [2.45, 2.75) is 37.8 Å². The summed E-state index contributed by atoms with van der Waals surface area (Å²) >= 11 is 5.93. The van der Waals surface area contributed by atoms with E-state index < -0.39 is 5.82 Å². The van der Waals surface area contributed by atoms with Crippen molar-refractivity contribution >= 4 is 39.9 Å². The predicted octanol–water partition coefficient (Wildman–Crippen LogP) is 4.28. The van der Waals surface area contributed by atoms with Crippen molar-refractivity contribution in [3.05, 3.63) is 47.5 Å². The van der Waals surface area contributed by atoms with Crippen molar-refractivity contribution in [3.63, 3.8) is 0 Å². The van der Waals surface area contributed by atoms with Crippen LogP contribution >= 0.6 is 11.6 Å². The van der Waals surface area contributed by atoms with Crippen LogP contribution in [-0.4, -0.2) is 53.1 Å². The van der Waals surface area contributed by atoms with Gasteiger partial charge < -0.3 is 20.5 Å². The highest BCUT2D eigenvalue weighted by Gasteiger charge is 2.37. The van der Waals surface area contributed by atoms with Crippen molar-refractivity contribution in [1.29, 1.82) is 0 Å². The lowest BCUT2D eigenvalue weighted by Gasteiger charge is -2.45. The number of fused-ring (bicyclic) bond motifs is 1. The van der Waals surface area contributed by atoms with Crippen LogP contribution in [0.4, 0.5) is 15.9 Å². The molecule has 184 valence electrons. The molecule has 0 bridgehead atoms. The molecular formula is C25H27ClFN5O3. The average molecular weight is 500 g/mol. The maximum Gasteiger partial charge on any atom is 0.223 e. The molecule has 2 fully saturated rings. The lowest BCUT2D eigenvalue weighted by atomic mass is 9.87. The smallest absolute Gasteiger partial charge is 0.223 e. The quantitative estimate of drug-likeness (QED) is 0.500. The summed E-state index contributed by atoms with van der Waals surface area (Å²) in [7, 11) is 1.59. The number of halogens is 2. The molecule has 1 aliphatic carbocycles. The summed E-state index contributed by atoms with van der Waals surface area (Å²) in [6, 6.07) is 8.83. The van der Waals surface area contributed by atoms with E-state index in [0.717, 1.165) is 38.8 Å². The molecule has 1 saturated carbocycles. The second-order valence-electron chi connectivity index (χ2n) is 9.07. The van der Waals surface area contributed by atoms with Crippen LogP contribution in [0, 0.1) is 11.7 Å². The Bertz CT molecular complexity index is 1250. The van der Waals surface area contributed by atoms with Gasteiger partial charge in [-0.2, -0.15) is 0 Å². The fraction of sp³-hybridized carbons (Fsp3) is 0.400. The molecule has 1 aliphatic heterocycles. The number of nitrogens with zero attached hydrogens (tertiary/aromatic N) is 3. The van der Waals surface area contributed by atoms with Gasteiger partial charge in [0.2, 0.25) is 5.91 Å². The number of hydrogen-bond donors (Lipinski definition) is 2. The number of methoxy groups -OCH3 is 1. The standard InChI is InChI=1S/C25H27ClFN5O3/c1-34-21-10-20-17(25(30-13-29-20)31-19-4-2-3-18(26)23(19)27)9-22(21)35-16-7-5-15(6-8-16)32-11-14(12-32)24(28)33/h2-4,9-10,13-16H,5-8,11-12H2,1H3,(H2,28,33)(H,29,30,31)/t15-,16-. The fourth-order valence-corrected chi connectivity index (χ4v) is 5.02. The second-order valence-corrected chi connectivity index (χ2v) is 9.48. The minimum absolute atomic E-state index is 0.0174. The molecule has 3 aromatic rings. The first-order valence-electron chi connectivity index (χ1n) is 11.7. The molecular weight excluding hydrogens is 473 g/mol. The molecule has 5 rings (SSSR count). The molecule has 2 heterocycles. The lowest BCUT2D eigenvalue weighted by Crippen LogP contribution is -2.57. The van der Waals surface area contributed by atoms with E-state index in [-0.39, 0.29) is 28.6 Å². The van der Waals surface area contributed by atoms with E-state index in [9.17, 15) is 9.18 Å². The minimum atomic E-state index is -0.549. The van der Waals surface area contributed by atoms with Gasteiger partial charge in [-0.3, -0.25) is 9.69 Å². The van der Waals surface area contributed by atoms with Crippen LogP contribution < -0.4 is 20.5 Å². The van der Waals surface area contributed by atoms with E-state index in [1.807, 2.05) is 6.07 Å². The molecule has 1 saturated heterocycles. The summed E-state index contributed by atoms with van der Waals surface area (Å²) in [6.07, 6.45) is 5.23. The predicted molar refractivity (Wildman–Crippen MR) is 132 cm³/mol. The van der Waals surface area contributed by atoms with Gasteiger partial charge in [0.05, 0.1) is 35.4 Å². The van der Waals surface area contributed by atoms with Crippen LogP contribution in [0.1, 0.15) is 25.7 Å². The Balaban J connectivity index is 1.32. The molecule has 35 heavy (non-hydrogen) atoms. The van der Waals surface area contributed by atoms with Crippen LogP contribution in [0.25, 0.3) is 10.9 Å². The lowest BCUT2D eigenvalue weighted by molar-refractivity contribution is -0.128. The highest BCUT2D eigenvalue weighted by Crippen LogP contribution is 2.38. The van der Waals surface area contributed by atoms with Crippen molar-refractivity contribution in [3.8, 4) is 11.5 Å². The first kappa shape index (κ1) is 23.6. The average Bonchev–Trinajstić information content (AvgIpc) is 2.82. The van der Waals surface area contributed by atoms with Gasteiger partial charge in [0.25, 0.3) is 0 Å². The van der Waals surface area contributed by atoms with Gasteiger partial charge in [-0.1, -0.05) is 17.7 Å². The van der Waals surface area contributed by atoms with E-state index >= 15 is 0 Å². The summed E-state index contributed by atoms with van der Waals surface area (Å²) < 4.78 is 26.4. The van der Waals surface area contributed by atoms with Gasteiger partial charge >= 0.3 is 0 Å². The van der Waals surface area contributed by atoms with Gasteiger partial charge in [-0.05, 0) is 43.9 Å². The molecule has 0 atom stereocenters. The van der Waals surface area contributed by atoms with Crippen molar-refractivity contribution in [2.24, 2.45) is 11.7 Å². The first-order chi connectivity index (χ1) is 16.9. The zero-order chi connectivity index (χ0) is 24.5. The van der Waals surface area contributed by atoms with E-state index in [4.69, 9.17) is 26.8 Å². The number of nitrogens with one attached hydrogen (secondary N) is 1. The van der Waals surface area contributed by atoms with E-state index in [0.29, 0.717) is 34.3 Å². The molecule has 2 aromatic carbocycles. The Kier molecular flexibility index (Phi) is 6.62. The topological polar surface area (TPSA) is 103 Å². The molecule has 0 spiro atoms. The van der Waals surface area contributed by atoms with Gasteiger partial charge in [0.15, 0.2) is 17.3 Å². The minimum Gasteiger partial charge on any atom is -0.493 e. The fourth-order valence-electron chi connectivity index (χ4n) is 4.84. The van der Waals surface area contributed by atoms with Gasteiger partial charge in [-0.25, -0.2) is 14.4 Å². The Hall–Kier alpha value is -3.17. The summed E-state index contributed by atoms with van der Waals surface area (Å²) in [4.78, 5) is 22.3. The Morgan fingerprint density at radius 2 is 1.94 bits per heavy atom. The molecule has 1 aromatic heterocycles. The number of rotatable bonds is 7. The monoisotopic (exact) mass is 499 g/mol. The molecule has 1 amide bonds. The van der Waals surface area contributed by atoms with E-state index in [2.05, 4.69) is 20.2 Å². The zero-order valence-corrected chi connectivity index (χ0v) is 20.1. The molecule has 8 nitrogen and oxygen atoms in total. The summed E-state index contributed by atoms with van der Waals surface area (Å²) in [5.74, 6) is 0.825. The third kappa shape index (κ3) is 4.83. The number of ether oxygens (including phenoxy) is 2. The van der Waals surface area contributed by atoms with Gasteiger partial charge in [0.1, 0.15) is 12.1 Å². The summed E-state index contributed by atoms with van der Waals surface area (Å²) in [5.41, 5.74) is 6.26. The van der Waals surface area contributed by atoms with Crippen LogP contribution in [0.15, 0.2) is 36.7 Å². The number of nitrogens with two attached hydrogens (primary N) is 1. The molecule has 10 heteroatoms. The van der Waals surface area contributed by atoms with Gasteiger partial charge in [-0.15, -0.1) is 0 Å². The summed E-state index contributed by atoms with van der Waals surface area (Å²) in [6.45, 7) is 1.51. The van der Waals surface area contributed by atoms with Crippen LogP contribution in [0.5, 0.6) is 11.5 Å². The Morgan fingerprint density at radius 3 is 2.66 bits per heavy atom. The van der Waals surface area contributed by atoms with Crippen molar-refractivity contribution in [2.75, 3.05) is 25.5 Å². The van der Waals surface area contributed by atoms with Crippen molar-refractivity contribution in [1.82, 2.24) is 14.9 Å². The Morgan fingerprint density at radius 1 is 1.17 bits per heavy atom. The number of primary amides is 1. The summed E-state index contributed by atoms with van der Waals surface area (Å²) in [5, 5.41) is 3.72. The number of hydrogen-bond acceptors (Lipinski definition) is 7. The first-order valence-corrected chi connectivity index (χ1v) is 12.0. The van der Waals surface area contributed by atoms with E-state index in [1.165, 1.54) is 12.4 Å². The molecule has 0 radical (unpaired) electrons. The molecule has 2 aliphatic rings. The molecule has 3 N–H and O–H groups in total. The highest BCUT2D eigenvalue weighted by atomic mass is 35.5. The SMILES string of the molecule is COc1cc2ncnc(Nc3cccc(Cl)c3F)c2cc1O[C@H]1CC[C@H](N2CC(C(N)=O)C2)CC1. The number of aromatic nitrogens is 2. The van der Waals surface area contributed by atoms with Crippen LogP contribution in [0.2, 0.25) is 5.02 Å². The normalized spacial score (nSPS) is 20.9. The second kappa shape index (κ2) is 9.83. The van der Waals surface area contributed by atoms with Crippen molar-refractivity contribution < 1.29 is 18.7 Å². The highest BCUT2D eigenvalue weighted by molar-refractivity contribution is 6.31. The maximum absolute atomic E-state index is 14.5. The third-order valence-electron chi connectivity index (χ3n) is 6.89. The number of likely N-dealkylation sites (tertiary alicyclic amines) is 1. The third-order valence-corrected chi connectivity index (χ3v) is 7.18. The number of anilines is 2. The Labute approximate surface area is 207 Å².